The van der Waals surface area contributed by atoms with Gasteiger partial charge >= 0.3 is 263 Å². The van der Waals surface area contributed by atoms with E-state index in [2.05, 4.69) is 0 Å². The van der Waals surface area contributed by atoms with Gasteiger partial charge < -0.3 is 30.1 Å². The summed E-state index contributed by atoms with van der Waals surface area (Å²) in [5, 5.41) is 50.5. The maximum atomic E-state index is 8.42. The second-order valence-corrected chi connectivity index (χ2v) is 0.577. The predicted octanol–water partition coefficient (Wildman–Crippen LogP) is -25.9. The SMILES string of the molecule is [Cs+].[Cs+].[Cs+].[Li+].[Li+].[Li+].[O-]B([O-])[O-].[O-]B([O-])[O-]. The molecule has 0 aromatic heterocycles. The van der Waals surface area contributed by atoms with E-state index in [9.17, 15) is 0 Å². The molecule has 0 aliphatic heterocycles. The van der Waals surface area contributed by atoms with Gasteiger partial charge in [0.1, 0.15) is 0 Å². The minimum absolute atomic E-state index is 0. The molecule has 48 valence electrons. The minimum Gasteiger partial charge on any atom is -0.907 e. The van der Waals surface area contributed by atoms with Gasteiger partial charge in [-0.3, -0.25) is 14.6 Å². The van der Waals surface area contributed by atoms with Crippen LogP contribution in [0.1, 0.15) is 0 Å². The third kappa shape index (κ3) is 115. The van der Waals surface area contributed by atoms with E-state index in [1.54, 1.807) is 0 Å². The zero-order valence-corrected chi connectivity index (χ0v) is 28.4. The van der Waals surface area contributed by atoms with E-state index in [1.807, 2.05) is 0 Å². The first-order chi connectivity index (χ1) is 3.46. The zero-order valence-electron chi connectivity index (χ0n) is 9.60. The molecule has 0 saturated carbocycles. The van der Waals surface area contributed by atoms with Crippen LogP contribution in [-0.2, 0) is 0 Å². The Morgan fingerprint density at radius 1 is 0.429 bits per heavy atom. The van der Waals surface area contributed by atoms with Crippen molar-refractivity contribution < 1.29 is 293 Å². The number of hydrogen-bond donors (Lipinski definition) is 0. The van der Waals surface area contributed by atoms with Gasteiger partial charge in [0.2, 0.25) is 0 Å². The standard InChI is InChI=1S/2BO3.3Cs.3Li/c2*2-1(3)4;;;;;;/q2*-3;6*+1. The van der Waals surface area contributed by atoms with Gasteiger partial charge in [-0.1, -0.05) is 0 Å². The Labute approximate surface area is 297 Å². The van der Waals surface area contributed by atoms with Crippen LogP contribution in [-0.4, -0.2) is 14.6 Å². The van der Waals surface area contributed by atoms with Crippen molar-refractivity contribution >= 4 is 14.6 Å². The van der Waals surface area contributed by atoms with Crippen LogP contribution in [0, 0.1) is 0 Å². The van der Waals surface area contributed by atoms with E-state index in [-0.39, 0.29) is 263 Å². The molecule has 6 nitrogen and oxygen atoms in total. The predicted molar refractivity (Wildman–Crippen MR) is 11.5 cm³/mol. The summed E-state index contributed by atoms with van der Waals surface area (Å²) in [6.45, 7) is 0. The van der Waals surface area contributed by atoms with Gasteiger partial charge in [-0.15, -0.1) is 0 Å². The van der Waals surface area contributed by atoms with Crippen molar-refractivity contribution in [1.29, 1.82) is 0 Å². The average Bonchev–Trinajstić information content (AvgIpc) is 1.25. The Morgan fingerprint density at radius 2 is 0.429 bits per heavy atom. The maximum absolute atomic E-state index is 8.42. The normalized spacial score (nSPS) is 3.86. The Balaban J connectivity index is -0.00000000600. The smallest absolute Gasteiger partial charge is 0.907 e. The van der Waals surface area contributed by atoms with Gasteiger partial charge in [-0.05, 0) is 0 Å². The van der Waals surface area contributed by atoms with Crippen molar-refractivity contribution in [3.05, 3.63) is 0 Å². The van der Waals surface area contributed by atoms with Crippen molar-refractivity contribution in [3.8, 4) is 0 Å². The minimum atomic E-state index is -2.92. The summed E-state index contributed by atoms with van der Waals surface area (Å²) >= 11 is 0. The van der Waals surface area contributed by atoms with E-state index in [4.69, 9.17) is 30.1 Å². The van der Waals surface area contributed by atoms with E-state index >= 15 is 0 Å². The van der Waals surface area contributed by atoms with E-state index in [1.165, 1.54) is 0 Å². The Morgan fingerprint density at radius 3 is 0.429 bits per heavy atom. The first-order valence-electron chi connectivity index (χ1n) is 1.41. The molecule has 0 aliphatic rings. The molecule has 0 atom stereocenters. The summed E-state index contributed by atoms with van der Waals surface area (Å²) in [7, 11) is -5.83. The summed E-state index contributed by atoms with van der Waals surface area (Å²) in [5.41, 5.74) is 0. The summed E-state index contributed by atoms with van der Waals surface area (Å²) in [5.74, 6) is 0. The molecular formula is B2Cs3Li3O6. The number of rotatable bonds is 0. The van der Waals surface area contributed by atoms with Crippen molar-refractivity contribution in [2.75, 3.05) is 0 Å². The molecule has 0 unspecified atom stereocenters. The summed E-state index contributed by atoms with van der Waals surface area (Å²) < 4.78 is 0. The van der Waals surface area contributed by atoms with Crippen molar-refractivity contribution in [1.82, 2.24) is 0 Å². The quantitative estimate of drug-likeness (QED) is 0.282. The van der Waals surface area contributed by atoms with E-state index in [0.29, 0.717) is 0 Å². The van der Waals surface area contributed by atoms with Crippen LogP contribution in [0.5, 0.6) is 0 Å². The Kier molecular flexibility index (Phi) is 151. The molecule has 0 saturated heterocycles. The second-order valence-electron chi connectivity index (χ2n) is 0.577. The van der Waals surface area contributed by atoms with Gasteiger partial charge in [0.15, 0.2) is 0 Å². The largest absolute Gasteiger partial charge is 1.00 e. The van der Waals surface area contributed by atoms with Crippen molar-refractivity contribution in [2.45, 2.75) is 0 Å². The summed E-state index contributed by atoms with van der Waals surface area (Å²) in [6.07, 6.45) is 0. The van der Waals surface area contributed by atoms with Crippen molar-refractivity contribution in [3.63, 3.8) is 0 Å². The van der Waals surface area contributed by atoms with Gasteiger partial charge in [0.05, 0.1) is 0 Å². The van der Waals surface area contributed by atoms with Crippen LogP contribution in [0.25, 0.3) is 0 Å². The zero-order chi connectivity index (χ0) is 7.15. The molecular weight excluding hydrogens is 537 g/mol. The van der Waals surface area contributed by atoms with Crippen LogP contribution < -0.4 is 293 Å². The summed E-state index contributed by atoms with van der Waals surface area (Å²) in [6, 6.07) is 0. The Bertz CT molecular complexity index is 41.8. The van der Waals surface area contributed by atoms with Gasteiger partial charge in [-0.25, -0.2) is 0 Å². The second kappa shape index (κ2) is 42.8. The molecule has 0 amide bonds. The first kappa shape index (κ1) is 49.5. The van der Waals surface area contributed by atoms with Gasteiger partial charge in [0, 0.05) is 0 Å². The molecule has 14 heavy (non-hydrogen) atoms. The molecule has 14 heteroatoms. The summed E-state index contributed by atoms with van der Waals surface area (Å²) in [4.78, 5) is 0. The molecule has 0 fully saturated rings. The van der Waals surface area contributed by atoms with E-state index < -0.39 is 14.6 Å². The fraction of sp³-hybridized carbons (Fsp3) is 0. The van der Waals surface area contributed by atoms with Gasteiger partial charge in [-0.2, -0.15) is 0 Å². The molecule has 0 rings (SSSR count). The molecule has 0 heterocycles. The van der Waals surface area contributed by atoms with Crippen LogP contribution in [0.3, 0.4) is 0 Å². The average molecular weight is 537 g/mol. The first-order valence-corrected chi connectivity index (χ1v) is 1.41. The topological polar surface area (TPSA) is 138 Å². The number of hydrogen-bond acceptors (Lipinski definition) is 6. The van der Waals surface area contributed by atoms with Crippen LogP contribution in [0.15, 0.2) is 0 Å². The third-order valence-electron chi connectivity index (χ3n) is 0. The molecule has 0 N–H and O–H groups in total. The maximum Gasteiger partial charge on any atom is 1.00 e. The Hall–Kier alpha value is 7.84. The van der Waals surface area contributed by atoms with Crippen LogP contribution in [0.2, 0.25) is 0 Å². The molecule has 0 bridgehead atoms. The molecule has 0 aromatic rings. The molecule has 0 spiro atoms. The fourth-order valence-corrected chi connectivity index (χ4v) is 0. The molecule has 0 aromatic carbocycles. The van der Waals surface area contributed by atoms with Crippen LogP contribution in [0.4, 0.5) is 0 Å². The molecule has 0 radical (unpaired) electrons. The van der Waals surface area contributed by atoms with Crippen molar-refractivity contribution in [2.24, 2.45) is 0 Å². The van der Waals surface area contributed by atoms with Crippen LogP contribution >= 0.6 is 0 Å². The fourth-order valence-electron chi connectivity index (χ4n) is 0. The monoisotopic (exact) mass is 538 g/mol. The van der Waals surface area contributed by atoms with E-state index in [0.717, 1.165) is 0 Å². The third-order valence-corrected chi connectivity index (χ3v) is 0. The molecule has 0 aliphatic carbocycles. The van der Waals surface area contributed by atoms with Gasteiger partial charge in [0.25, 0.3) is 0 Å².